The molecule has 5 atom stereocenters. The number of aromatic nitrogens is 2. The topological polar surface area (TPSA) is 92.2 Å². The highest BCUT2D eigenvalue weighted by Crippen LogP contribution is 2.49. The molecule has 3 aromatic carbocycles. The second-order valence-corrected chi connectivity index (χ2v) is 14.1. The second kappa shape index (κ2) is 11.3. The van der Waals surface area contributed by atoms with Crippen LogP contribution in [0.15, 0.2) is 30.3 Å². The minimum Gasteiger partial charge on any atom is -0.508 e. The van der Waals surface area contributed by atoms with Crippen LogP contribution in [0.5, 0.6) is 17.5 Å². The van der Waals surface area contributed by atoms with Crippen LogP contribution >= 0.6 is 0 Å². The molecule has 0 saturated carbocycles. The van der Waals surface area contributed by atoms with Gasteiger partial charge in [0.2, 0.25) is 0 Å². The minimum atomic E-state index is -0.929. The molecule has 2 bridgehead atoms. The Kier molecular flexibility index (Phi) is 7.14. The Morgan fingerprint density at radius 2 is 2.02 bits per heavy atom. The molecule has 5 aliphatic rings. The smallest absolute Gasteiger partial charge is 0.319 e. The van der Waals surface area contributed by atoms with Gasteiger partial charge in [-0.15, -0.1) is 0 Å². The van der Waals surface area contributed by atoms with E-state index in [0.717, 1.165) is 37.8 Å². The lowest BCUT2D eigenvalue weighted by Crippen LogP contribution is -2.60. The maximum absolute atomic E-state index is 17.3. The molecule has 2 N–H and O–H groups in total. The van der Waals surface area contributed by atoms with Crippen molar-refractivity contribution < 1.29 is 32.5 Å². The van der Waals surface area contributed by atoms with E-state index in [-0.39, 0.29) is 70.9 Å². The van der Waals surface area contributed by atoms with Gasteiger partial charge < -0.3 is 29.5 Å². The van der Waals surface area contributed by atoms with Crippen LogP contribution in [0.3, 0.4) is 0 Å². The highest BCUT2D eigenvalue weighted by atomic mass is 19.1. The summed E-state index contributed by atoms with van der Waals surface area (Å²) in [4.78, 5) is 13.7. The van der Waals surface area contributed by atoms with E-state index in [4.69, 9.17) is 19.2 Å². The Labute approximate surface area is 276 Å². The van der Waals surface area contributed by atoms with Crippen molar-refractivity contribution >= 4 is 27.5 Å². The number of hydrogen-bond acceptors (Lipinski definition) is 9. The van der Waals surface area contributed by atoms with Crippen molar-refractivity contribution in [3.05, 3.63) is 47.5 Å². The fraction of sp³-hybridized carbons (Fsp3) is 0.500. The number of aromatic hydroxyl groups is 1. The lowest BCUT2D eigenvalue weighted by Gasteiger charge is -2.40. The van der Waals surface area contributed by atoms with Crippen LogP contribution in [0.4, 0.5) is 19.0 Å². The Morgan fingerprint density at radius 1 is 1.12 bits per heavy atom. The van der Waals surface area contributed by atoms with E-state index in [2.05, 4.69) is 20.1 Å². The number of benzene rings is 3. The number of anilines is 1. The second-order valence-electron chi connectivity index (χ2n) is 14.1. The first-order chi connectivity index (χ1) is 23.3. The molecular formula is C36H38F3N5O4. The third kappa shape index (κ3) is 4.63. The molecular weight excluding hydrogens is 623 g/mol. The molecule has 0 aliphatic carbocycles. The van der Waals surface area contributed by atoms with Crippen molar-refractivity contribution in [3.63, 3.8) is 0 Å². The van der Waals surface area contributed by atoms with E-state index in [1.54, 1.807) is 19.2 Å². The largest absolute Gasteiger partial charge is 0.508 e. The first kappa shape index (κ1) is 30.2. The highest BCUT2D eigenvalue weighted by molar-refractivity contribution is 6.05. The fourth-order valence-corrected chi connectivity index (χ4v) is 9.14. The summed E-state index contributed by atoms with van der Waals surface area (Å²) in [5, 5.41) is 15.8. The number of ether oxygens (including phenoxy) is 3. The third-order valence-corrected chi connectivity index (χ3v) is 11.3. The number of alkyl halides is 1. The van der Waals surface area contributed by atoms with Crippen LogP contribution in [0, 0.1) is 11.6 Å². The standard InChI is InChI=1S/C36H38F3N5O4/c1-46-11-8-19-4-2-5-20-12-23(45)13-24(27(19)20)28-30(38)32-29-33(31(28)39)47-17-26-25-7-6-22(40-25)16-44(26)34(29)42-35(41-32)48-18-36-9-3-10-43(36)15-21(37)14-36/h2,4-5,12-13,21-22,25-26,40,45H,3,6-11,14-18H2,1H3. The van der Waals surface area contributed by atoms with Crippen molar-refractivity contribution in [1.82, 2.24) is 20.2 Å². The van der Waals surface area contributed by atoms with Gasteiger partial charge in [0.15, 0.2) is 17.4 Å². The number of phenolic OH excluding ortho intramolecular Hbond substituents is 1. The maximum atomic E-state index is 17.3. The van der Waals surface area contributed by atoms with E-state index >= 15 is 8.78 Å². The molecule has 0 radical (unpaired) electrons. The number of nitrogens with one attached hydrogen (secondary N) is 1. The Morgan fingerprint density at radius 3 is 2.90 bits per heavy atom. The molecule has 0 amide bonds. The summed E-state index contributed by atoms with van der Waals surface area (Å²) >= 11 is 0. The molecule has 1 aromatic heterocycles. The molecule has 9 rings (SSSR count). The van der Waals surface area contributed by atoms with Crippen molar-refractivity contribution in [2.45, 2.75) is 68.4 Å². The number of piperazine rings is 1. The summed E-state index contributed by atoms with van der Waals surface area (Å²) in [6, 6.07) is 8.65. The zero-order valence-electron chi connectivity index (χ0n) is 26.8. The molecule has 48 heavy (non-hydrogen) atoms. The lowest BCUT2D eigenvalue weighted by molar-refractivity contribution is 0.107. The molecule has 4 aromatic rings. The zero-order valence-corrected chi connectivity index (χ0v) is 26.8. The summed E-state index contributed by atoms with van der Waals surface area (Å²) in [6.07, 6.45) is 3.62. The van der Waals surface area contributed by atoms with Crippen LogP contribution in [0.1, 0.15) is 37.7 Å². The van der Waals surface area contributed by atoms with Gasteiger partial charge in [0.25, 0.3) is 0 Å². The predicted octanol–water partition coefficient (Wildman–Crippen LogP) is 5.28. The van der Waals surface area contributed by atoms with E-state index in [9.17, 15) is 9.50 Å². The number of fused-ring (bicyclic) bond motifs is 7. The molecule has 5 unspecified atom stereocenters. The molecule has 6 heterocycles. The van der Waals surface area contributed by atoms with Crippen molar-refractivity contribution in [2.75, 3.05) is 51.5 Å². The number of methoxy groups -OCH3 is 1. The molecule has 9 nitrogen and oxygen atoms in total. The third-order valence-electron chi connectivity index (χ3n) is 11.3. The highest BCUT2D eigenvalue weighted by Gasteiger charge is 2.50. The Hall–Kier alpha value is -3.87. The first-order valence-corrected chi connectivity index (χ1v) is 17.0. The fourth-order valence-electron chi connectivity index (χ4n) is 9.14. The van der Waals surface area contributed by atoms with E-state index < -0.39 is 23.3 Å². The maximum Gasteiger partial charge on any atom is 0.319 e. The van der Waals surface area contributed by atoms with Gasteiger partial charge in [-0.2, -0.15) is 9.97 Å². The Bertz CT molecular complexity index is 1950. The van der Waals surface area contributed by atoms with Crippen molar-refractivity contribution in [3.8, 4) is 28.6 Å². The predicted molar refractivity (Wildman–Crippen MR) is 175 cm³/mol. The van der Waals surface area contributed by atoms with Crippen LogP contribution in [0.25, 0.3) is 32.8 Å². The Balaban J connectivity index is 1.25. The number of nitrogens with zero attached hydrogens (tertiary/aromatic N) is 4. The van der Waals surface area contributed by atoms with Gasteiger partial charge in [-0.3, -0.25) is 4.90 Å². The van der Waals surface area contributed by atoms with Crippen molar-refractivity contribution in [1.29, 1.82) is 0 Å². The van der Waals surface area contributed by atoms with E-state index in [0.29, 0.717) is 49.1 Å². The summed E-state index contributed by atoms with van der Waals surface area (Å²) in [6.45, 7) is 2.53. The molecule has 252 valence electrons. The van der Waals surface area contributed by atoms with Crippen molar-refractivity contribution in [2.24, 2.45) is 0 Å². The van der Waals surface area contributed by atoms with Gasteiger partial charge in [-0.05, 0) is 72.7 Å². The van der Waals surface area contributed by atoms with E-state index in [1.165, 1.54) is 6.07 Å². The summed E-state index contributed by atoms with van der Waals surface area (Å²) in [5.74, 6) is -1.62. The molecule has 12 heteroatoms. The normalized spacial score (nSPS) is 27.7. The summed E-state index contributed by atoms with van der Waals surface area (Å²) < 4.78 is 66.8. The van der Waals surface area contributed by atoms with Gasteiger partial charge >= 0.3 is 6.01 Å². The molecule has 5 aliphatic heterocycles. The summed E-state index contributed by atoms with van der Waals surface area (Å²) in [7, 11) is 1.60. The number of halogens is 3. The van der Waals surface area contributed by atoms with E-state index in [1.807, 2.05) is 12.1 Å². The van der Waals surface area contributed by atoms with Crippen LogP contribution < -0.4 is 19.7 Å². The zero-order chi connectivity index (χ0) is 32.7. The lowest BCUT2D eigenvalue weighted by atomic mass is 9.91. The average molecular weight is 662 g/mol. The van der Waals surface area contributed by atoms with Gasteiger partial charge in [0.05, 0.1) is 29.1 Å². The summed E-state index contributed by atoms with van der Waals surface area (Å²) in [5.41, 5.74) is 0.107. The number of phenols is 1. The molecule has 4 fully saturated rings. The number of rotatable bonds is 7. The van der Waals surface area contributed by atoms with Gasteiger partial charge in [-0.1, -0.05) is 18.2 Å². The van der Waals surface area contributed by atoms with Gasteiger partial charge in [0.1, 0.15) is 36.5 Å². The SMILES string of the molecule is COCCc1cccc2cc(O)cc(-c3c(F)c4c5c(nc(OCC67CCCN6CC(F)C7)nc5c3F)N3CC5CCC(N5)C3CO4)c12. The average Bonchev–Trinajstić information content (AvgIpc) is 3.70. The van der Waals surface area contributed by atoms with Crippen LogP contribution in [0.2, 0.25) is 0 Å². The number of hydrogen-bond donors (Lipinski definition) is 2. The molecule has 4 saturated heterocycles. The van der Waals surface area contributed by atoms with Gasteiger partial charge in [0, 0.05) is 38.7 Å². The quantitative estimate of drug-likeness (QED) is 0.275. The van der Waals surface area contributed by atoms with Crippen LogP contribution in [-0.2, 0) is 11.2 Å². The van der Waals surface area contributed by atoms with Gasteiger partial charge in [-0.25, -0.2) is 13.2 Å². The minimum absolute atomic E-state index is 0.0310. The first-order valence-electron chi connectivity index (χ1n) is 17.0. The monoisotopic (exact) mass is 661 g/mol. The van der Waals surface area contributed by atoms with Crippen LogP contribution in [-0.4, -0.2) is 96.4 Å². The molecule has 0 spiro atoms.